The van der Waals surface area contributed by atoms with Crippen LogP contribution in [0.3, 0.4) is 0 Å². The number of rotatable bonds is 6. The molecule has 24 heavy (non-hydrogen) atoms. The highest BCUT2D eigenvalue weighted by Crippen LogP contribution is 2.15. The smallest absolute Gasteiger partial charge is 0.270 e. The van der Waals surface area contributed by atoms with Gasteiger partial charge in [0.15, 0.2) is 0 Å². The van der Waals surface area contributed by atoms with E-state index in [-0.39, 0.29) is 5.91 Å². The molecule has 1 amide bonds. The molecule has 0 bridgehead atoms. The van der Waals surface area contributed by atoms with Crippen molar-refractivity contribution in [2.75, 3.05) is 44.2 Å². The van der Waals surface area contributed by atoms with Crippen LogP contribution in [0.15, 0.2) is 35.7 Å². The first kappa shape index (κ1) is 16.9. The topological polar surface area (TPSA) is 48.5 Å². The van der Waals surface area contributed by atoms with E-state index in [1.54, 1.807) is 0 Å². The van der Waals surface area contributed by atoms with Crippen molar-refractivity contribution in [1.29, 1.82) is 0 Å². The molecule has 1 aliphatic rings. The molecule has 3 rings (SSSR count). The predicted octanol–water partition coefficient (Wildman–Crippen LogP) is 2.39. The van der Waals surface area contributed by atoms with Crippen LogP contribution in [0.4, 0.5) is 5.69 Å². The van der Waals surface area contributed by atoms with Crippen molar-refractivity contribution in [2.45, 2.75) is 13.3 Å². The molecule has 0 atom stereocenters. The molecule has 6 heteroatoms. The molecule has 5 nitrogen and oxygen atoms in total. The van der Waals surface area contributed by atoms with E-state index in [9.17, 15) is 4.79 Å². The van der Waals surface area contributed by atoms with Gasteiger partial charge in [-0.05, 0) is 32.0 Å². The molecular weight excluding hydrogens is 320 g/mol. The number of para-hydroxylation sites is 1. The van der Waals surface area contributed by atoms with Crippen LogP contribution in [-0.4, -0.2) is 55.1 Å². The minimum atomic E-state index is -0.0618. The van der Waals surface area contributed by atoms with E-state index in [2.05, 4.69) is 50.4 Å². The quantitative estimate of drug-likeness (QED) is 0.818. The third-order valence-electron chi connectivity index (χ3n) is 4.28. The van der Waals surface area contributed by atoms with Crippen LogP contribution >= 0.6 is 11.3 Å². The zero-order valence-corrected chi connectivity index (χ0v) is 14.9. The molecule has 1 aromatic heterocycles. The van der Waals surface area contributed by atoms with Gasteiger partial charge in [-0.15, -0.1) is 11.3 Å². The summed E-state index contributed by atoms with van der Waals surface area (Å²) < 4.78 is 0. The summed E-state index contributed by atoms with van der Waals surface area (Å²) in [6, 6.07) is 10.6. The van der Waals surface area contributed by atoms with Crippen LogP contribution in [0.1, 0.15) is 21.9 Å². The van der Waals surface area contributed by atoms with E-state index in [4.69, 9.17) is 0 Å². The van der Waals surface area contributed by atoms with Gasteiger partial charge in [-0.3, -0.25) is 9.69 Å². The van der Waals surface area contributed by atoms with Gasteiger partial charge in [0.1, 0.15) is 5.69 Å². The predicted molar refractivity (Wildman–Crippen MR) is 98.9 cm³/mol. The molecule has 2 aromatic rings. The Hall–Kier alpha value is -1.92. The average molecular weight is 344 g/mol. The monoisotopic (exact) mass is 344 g/mol. The first-order valence-corrected chi connectivity index (χ1v) is 9.33. The Kier molecular flexibility index (Phi) is 5.82. The number of aryl methyl sites for hydroxylation is 1. The molecule has 0 unspecified atom stereocenters. The standard InChI is InChI=1S/C18H24N4OS/c1-15-20-17(14-24-15)18(23)19-8-5-9-21-10-12-22(13-11-21)16-6-3-2-4-7-16/h2-4,6-7,14H,5,8-13H2,1H3,(H,19,23). The molecule has 1 aliphatic heterocycles. The van der Waals surface area contributed by atoms with Crippen LogP contribution in [0.25, 0.3) is 0 Å². The molecule has 1 saturated heterocycles. The second-order valence-electron chi connectivity index (χ2n) is 6.03. The third-order valence-corrected chi connectivity index (χ3v) is 5.06. The van der Waals surface area contributed by atoms with E-state index < -0.39 is 0 Å². The summed E-state index contributed by atoms with van der Waals surface area (Å²) in [5.41, 5.74) is 1.84. The SMILES string of the molecule is Cc1nc(C(=O)NCCCN2CCN(c3ccccc3)CC2)cs1. The highest BCUT2D eigenvalue weighted by Gasteiger charge is 2.16. The highest BCUT2D eigenvalue weighted by atomic mass is 32.1. The van der Waals surface area contributed by atoms with Crippen LogP contribution in [-0.2, 0) is 0 Å². The fourth-order valence-corrected chi connectivity index (χ4v) is 3.52. The summed E-state index contributed by atoms with van der Waals surface area (Å²) in [6.07, 6.45) is 0.972. The Morgan fingerprint density at radius 3 is 2.62 bits per heavy atom. The van der Waals surface area contributed by atoms with Crippen molar-refractivity contribution in [1.82, 2.24) is 15.2 Å². The molecule has 0 spiro atoms. The number of amides is 1. The lowest BCUT2D eigenvalue weighted by molar-refractivity contribution is 0.0947. The number of thiazole rings is 1. The number of nitrogens with zero attached hydrogens (tertiary/aromatic N) is 3. The minimum Gasteiger partial charge on any atom is -0.369 e. The number of carbonyl (C=O) groups is 1. The number of nitrogens with one attached hydrogen (secondary N) is 1. The summed E-state index contributed by atoms with van der Waals surface area (Å²) in [5.74, 6) is -0.0618. The van der Waals surface area contributed by atoms with Gasteiger partial charge >= 0.3 is 0 Å². The molecule has 1 N–H and O–H groups in total. The maximum Gasteiger partial charge on any atom is 0.270 e. The van der Waals surface area contributed by atoms with Crippen molar-refractivity contribution >= 4 is 22.9 Å². The van der Waals surface area contributed by atoms with Crippen molar-refractivity contribution in [3.05, 3.63) is 46.4 Å². The lowest BCUT2D eigenvalue weighted by atomic mass is 10.2. The number of benzene rings is 1. The number of aromatic nitrogens is 1. The summed E-state index contributed by atoms with van der Waals surface area (Å²) in [7, 11) is 0. The Morgan fingerprint density at radius 1 is 1.21 bits per heavy atom. The van der Waals surface area contributed by atoms with Gasteiger partial charge < -0.3 is 10.2 Å². The summed E-state index contributed by atoms with van der Waals surface area (Å²) in [6.45, 7) is 7.93. The van der Waals surface area contributed by atoms with E-state index in [0.29, 0.717) is 12.2 Å². The van der Waals surface area contributed by atoms with Gasteiger partial charge in [0.05, 0.1) is 5.01 Å². The number of piperazine rings is 1. The molecule has 0 radical (unpaired) electrons. The first-order valence-electron chi connectivity index (χ1n) is 8.45. The fourth-order valence-electron chi connectivity index (χ4n) is 2.93. The molecule has 0 saturated carbocycles. The van der Waals surface area contributed by atoms with Gasteiger partial charge in [-0.25, -0.2) is 4.98 Å². The molecule has 2 heterocycles. The lowest BCUT2D eigenvalue weighted by Gasteiger charge is -2.36. The van der Waals surface area contributed by atoms with Crippen molar-refractivity contribution in [3.63, 3.8) is 0 Å². The van der Waals surface area contributed by atoms with Crippen molar-refractivity contribution in [3.8, 4) is 0 Å². The fraction of sp³-hybridized carbons (Fsp3) is 0.444. The summed E-state index contributed by atoms with van der Waals surface area (Å²) >= 11 is 1.51. The Balaban J connectivity index is 1.33. The van der Waals surface area contributed by atoms with Crippen molar-refractivity contribution < 1.29 is 4.79 Å². The van der Waals surface area contributed by atoms with E-state index in [0.717, 1.165) is 44.2 Å². The molecule has 1 fully saturated rings. The van der Waals surface area contributed by atoms with E-state index in [1.807, 2.05) is 12.3 Å². The molecule has 1 aromatic carbocycles. The van der Waals surface area contributed by atoms with Crippen LogP contribution in [0, 0.1) is 6.92 Å². The van der Waals surface area contributed by atoms with Gasteiger partial charge in [-0.2, -0.15) is 0 Å². The zero-order valence-electron chi connectivity index (χ0n) is 14.1. The van der Waals surface area contributed by atoms with Gasteiger partial charge in [0.25, 0.3) is 5.91 Å². The molecule has 0 aliphatic carbocycles. The number of hydrogen-bond donors (Lipinski definition) is 1. The Labute approximate surface area is 147 Å². The Bertz CT molecular complexity index is 650. The van der Waals surface area contributed by atoms with E-state index in [1.165, 1.54) is 17.0 Å². The van der Waals surface area contributed by atoms with Crippen LogP contribution in [0.5, 0.6) is 0 Å². The zero-order chi connectivity index (χ0) is 16.8. The Morgan fingerprint density at radius 2 is 1.96 bits per heavy atom. The first-order chi connectivity index (χ1) is 11.7. The van der Waals surface area contributed by atoms with Gasteiger partial charge in [0.2, 0.25) is 0 Å². The second-order valence-corrected chi connectivity index (χ2v) is 7.09. The minimum absolute atomic E-state index is 0.0618. The van der Waals surface area contributed by atoms with Crippen LogP contribution in [0.2, 0.25) is 0 Å². The number of carbonyl (C=O) groups excluding carboxylic acids is 1. The van der Waals surface area contributed by atoms with E-state index >= 15 is 0 Å². The van der Waals surface area contributed by atoms with Crippen LogP contribution < -0.4 is 10.2 Å². The average Bonchev–Trinajstić information content (AvgIpc) is 3.06. The number of anilines is 1. The van der Waals surface area contributed by atoms with Crippen molar-refractivity contribution in [2.24, 2.45) is 0 Å². The van der Waals surface area contributed by atoms with Gasteiger partial charge in [0, 0.05) is 43.8 Å². The molecule has 128 valence electrons. The normalized spacial score (nSPS) is 15.5. The summed E-state index contributed by atoms with van der Waals surface area (Å²) in [5, 5.41) is 5.69. The third kappa shape index (κ3) is 4.55. The maximum atomic E-state index is 11.9. The maximum absolute atomic E-state index is 11.9. The lowest BCUT2D eigenvalue weighted by Crippen LogP contribution is -2.47. The highest BCUT2D eigenvalue weighted by molar-refractivity contribution is 7.09. The second kappa shape index (κ2) is 8.26. The largest absolute Gasteiger partial charge is 0.369 e. The summed E-state index contributed by atoms with van der Waals surface area (Å²) in [4.78, 5) is 21.0. The number of hydrogen-bond acceptors (Lipinski definition) is 5. The van der Waals surface area contributed by atoms with Gasteiger partial charge in [-0.1, -0.05) is 18.2 Å². The molecular formula is C18H24N4OS.